The number of likely N-dealkylation sites (tertiary alicyclic amines) is 1. The van der Waals surface area contributed by atoms with Gasteiger partial charge in [-0.15, -0.1) is 0 Å². The second-order valence-corrected chi connectivity index (χ2v) is 8.57. The number of piperidine rings is 1. The van der Waals surface area contributed by atoms with E-state index in [-0.39, 0.29) is 17.6 Å². The second kappa shape index (κ2) is 9.94. The third-order valence-electron chi connectivity index (χ3n) is 6.21. The van der Waals surface area contributed by atoms with Crippen LogP contribution in [0.25, 0.3) is 11.0 Å². The van der Waals surface area contributed by atoms with Crippen LogP contribution in [0.15, 0.2) is 48.8 Å². The molecule has 4 rings (SSSR count). The van der Waals surface area contributed by atoms with E-state index in [1.807, 2.05) is 33.7 Å². The van der Waals surface area contributed by atoms with E-state index in [9.17, 15) is 14.0 Å². The monoisotopic (exact) mass is 436 g/mol. The topological polar surface area (TPSA) is 67.2 Å². The highest BCUT2D eigenvalue weighted by atomic mass is 19.1. The van der Waals surface area contributed by atoms with E-state index in [4.69, 9.17) is 0 Å². The lowest BCUT2D eigenvalue weighted by Crippen LogP contribution is -2.40. The molecular formula is C25H29FN4O2. The molecule has 0 spiro atoms. The van der Waals surface area contributed by atoms with Gasteiger partial charge in [0.1, 0.15) is 5.82 Å². The maximum atomic E-state index is 13.2. The first-order chi connectivity index (χ1) is 15.5. The number of para-hydroxylation sites is 2. The van der Waals surface area contributed by atoms with E-state index in [0.29, 0.717) is 43.1 Å². The molecule has 1 aliphatic heterocycles. The maximum Gasteiger partial charge on any atom is 0.224 e. The Morgan fingerprint density at radius 2 is 2.03 bits per heavy atom. The first-order valence-electron chi connectivity index (χ1n) is 11.2. The number of halogens is 1. The van der Waals surface area contributed by atoms with Crippen LogP contribution in [0.5, 0.6) is 0 Å². The molecule has 2 aromatic carbocycles. The van der Waals surface area contributed by atoms with E-state index >= 15 is 0 Å². The molecule has 2 heterocycles. The summed E-state index contributed by atoms with van der Waals surface area (Å²) in [7, 11) is 0. The van der Waals surface area contributed by atoms with E-state index in [1.54, 1.807) is 19.3 Å². The fourth-order valence-electron chi connectivity index (χ4n) is 4.41. The van der Waals surface area contributed by atoms with Crippen LogP contribution in [0.3, 0.4) is 0 Å². The number of anilines is 1. The molecule has 0 radical (unpaired) electrons. The minimum Gasteiger partial charge on any atom is -0.342 e. The zero-order valence-electron chi connectivity index (χ0n) is 18.4. The second-order valence-electron chi connectivity index (χ2n) is 8.57. The molecule has 1 atom stereocenters. The molecule has 2 amide bonds. The number of aromatic nitrogens is 2. The van der Waals surface area contributed by atoms with Gasteiger partial charge in [-0.05, 0) is 68.0 Å². The smallest absolute Gasteiger partial charge is 0.224 e. The molecule has 6 nitrogen and oxygen atoms in total. The Hall–Kier alpha value is -3.22. The van der Waals surface area contributed by atoms with Crippen molar-refractivity contribution < 1.29 is 14.0 Å². The van der Waals surface area contributed by atoms with Crippen molar-refractivity contribution >= 4 is 28.5 Å². The Bertz CT molecular complexity index is 1110. The fraction of sp³-hybridized carbons (Fsp3) is 0.400. The Morgan fingerprint density at radius 1 is 1.19 bits per heavy atom. The molecule has 0 saturated carbocycles. The Kier molecular flexibility index (Phi) is 6.83. The van der Waals surface area contributed by atoms with E-state index < -0.39 is 0 Å². The molecular weight excluding hydrogens is 407 g/mol. The lowest BCUT2D eigenvalue weighted by Gasteiger charge is -2.33. The van der Waals surface area contributed by atoms with Crippen LogP contribution < -0.4 is 5.32 Å². The molecule has 3 aromatic rings. The number of hydrogen-bond donors (Lipinski definition) is 1. The van der Waals surface area contributed by atoms with Crippen molar-refractivity contribution in [3.63, 3.8) is 0 Å². The minimum atomic E-state index is -0.311. The highest BCUT2D eigenvalue weighted by molar-refractivity contribution is 5.91. The largest absolute Gasteiger partial charge is 0.342 e. The lowest BCUT2D eigenvalue weighted by molar-refractivity contribution is -0.133. The van der Waals surface area contributed by atoms with Gasteiger partial charge >= 0.3 is 0 Å². The van der Waals surface area contributed by atoms with Crippen molar-refractivity contribution in [1.29, 1.82) is 0 Å². The van der Waals surface area contributed by atoms with Gasteiger partial charge < -0.3 is 14.8 Å². The van der Waals surface area contributed by atoms with Gasteiger partial charge in [-0.1, -0.05) is 12.1 Å². The predicted molar refractivity (Wildman–Crippen MR) is 123 cm³/mol. The van der Waals surface area contributed by atoms with Gasteiger partial charge in [0.2, 0.25) is 11.8 Å². The SMILES string of the molecule is Cc1cc(F)ccc1NC(=O)CC[C@H]1CCCN(C(=O)CCn2cnc3ccccc32)C1. The summed E-state index contributed by atoms with van der Waals surface area (Å²) in [6, 6.07) is 12.3. The maximum absolute atomic E-state index is 13.2. The standard InChI is InChI=1S/C25H29FN4O2/c1-18-15-20(26)9-10-21(18)28-24(31)11-8-19-5-4-13-29(16-19)25(32)12-14-30-17-27-22-6-2-3-7-23(22)30/h2-3,6-7,9-10,15,17,19H,4-5,8,11-14,16H2,1H3,(H,28,31)/t19-/m1/s1. The summed E-state index contributed by atoms with van der Waals surface area (Å²) in [5.74, 6) is 0.0875. The van der Waals surface area contributed by atoms with Gasteiger partial charge in [-0.25, -0.2) is 9.37 Å². The van der Waals surface area contributed by atoms with Crippen LogP contribution in [-0.2, 0) is 16.1 Å². The van der Waals surface area contributed by atoms with Gasteiger partial charge in [0, 0.05) is 38.2 Å². The van der Waals surface area contributed by atoms with Crippen molar-refractivity contribution in [3.05, 3.63) is 60.2 Å². The van der Waals surface area contributed by atoms with Crippen LogP contribution in [0.2, 0.25) is 0 Å². The minimum absolute atomic E-state index is 0.0739. The number of carbonyl (C=O) groups is 2. The summed E-state index contributed by atoms with van der Waals surface area (Å²) in [5, 5.41) is 2.87. The van der Waals surface area contributed by atoms with Gasteiger partial charge in [0.25, 0.3) is 0 Å². The average molecular weight is 437 g/mol. The van der Waals surface area contributed by atoms with Crippen molar-refractivity contribution in [3.8, 4) is 0 Å². The first-order valence-corrected chi connectivity index (χ1v) is 11.2. The Balaban J connectivity index is 1.24. The van der Waals surface area contributed by atoms with Crippen molar-refractivity contribution in [2.45, 2.75) is 45.6 Å². The van der Waals surface area contributed by atoms with Crippen LogP contribution >= 0.6 is 0 Å². The van der Waals surface area contributed by atoms with E-state index in [2.05, 4.69) is 10.3 Å². The first kappa shape index (κ1) is 22.0. The molecule has 168 valence electrons. The molecule has 1 aromatic heterocycles. The van der Waals surface area contributed by atoms with Crippen molar-refractivity contribution in [1.82, 2.24) is 14.5 Å². The number of carbonyl (C=O) groups excluding carboxylic acids is 2. The fourth-order valence-corrected chi connectivity index (χ4v) is 4.41. The van der Waals surface area contributed by atoms with Crippen LogP contribution in [0.4, 0.5) is 10.1 Å². The normalized spacial score (nSPS) is 16.3. The number of aryl methyl sites for hydroxylation is 2. The molecule has 1 N–H and O–H groups in total. The number of rotatable bonds is 7. The molecule has 0 bridgehead atoms. The summed E-state index contributed by atoms with van der Waals surface area (Å²) in [6.07, 6.45) is 5.35. The molecule has 32 heavy (non-hydrogen) atoms. The summed E-state index contributed by atoms with van der Waals surface area (Å²) in [6.45, 7) is 3.86. The van der Waals surface area contributed by atoms with Gasteiger partial charge in [-0.2, -0.15) is 0 Å². The molecule has 7 heteroatoms. The van der Waals surface area contributed by atoms with Crippen LogP contribution in [0, 0.1) is 18.7 Å². The van der Waals surface area contributed by atoms with E-state index in [1.165, 1.54) is 12.1 Å². The number of benzene rings is 2. The summed E-state index contributed by atoms with van der Waals surface area (Å²) < 4.78 is 15.3. The zero-order chi connectivity index (χ0) is 22.5. The number of fused-ring (bicyclic) bond motifs is 1. The lowest BCUT2D eigenvalue weighted by atomic mass is 9.93. The quantitative estimate of drug-likeness (QED) is 0.592. The molecule has 1 fully saturated rings. The van der Waals surface area contributed by atoms with Gasteiger partial charge in [0.15, 0.2) is 0 Å². The number of hydrogen-bond acceptors (Lipinski definition) is 3. The zero-order valence-corrected chi connectivity index (χ0v) is 18.4. The van der Waals surface area contributed by atoms with E-state index in [0.717, 1.165) is 36.8 Å². The summed E-state index contributed by atoms with van der Waals surface area (Å²) in [4.78, 5) is 31.5. The Labute approximate surface area is 187 Å². The van der Waals surface area contributed by atoms with Gasteiger partial charge in [0.05, 0.1) is 17.4 Å². The predicted octanol–water partition coefficient (Wildman–Crippen LogP) is 4.53. The third kappa shape index (κ3) is 5.33. The van der Waals surface area contributed by atoms with Crippen molar-refractivity contribution in [2.24, 2.45) is 5.92 Å². The number of amides is 2. The summed E-state index contributed by atoms with van der Waals surface area (Å²) >= 11 is 0. The van der Waals surface area contributed by atoms with Crippen LogP contribution in [-0.4, -0.2) is 39.4 Å². The summed E-state index contributed by atoms with van der Waals surface area (Å²) in [5.41, 5.74) is 3.33. The molecule has 0 aliphatic carbocycles. The number of nitrogens with zero attached hydrogens (tertiary/aromatic N) is 3. The molecule has 1 aliphatic rings. The van der Waals surface area contributed by atoms with Crippen LogP contribution in [0.1, 0.15) is 37.7 Å². The Morgan fingerprint density at radius 3 is 2.88 bits per heavy atom. The highest BCUT2D eigenvalue weighted by Crippen LogP contribution is 2.23. The average Bonchev–Trinajstić information content (AvgIpc) is 3.21. The molecule has 1 saturated heterocycles. The highest BCUT2D eigenvalue weighted by Gasteiger charge is 2.24. The number of imidazole rings is 1. The third-order valence-corrected chi connectivity index (χ3v) is 6.21. The number of nitrogens with one attached hydrogen (secondary N) is 1. The van der Waals surface area contributed by atoms with Crippen molar-refractivity contribution in [2.75, 3.05) is 18.4 Å². The molecule has 0 unspecified atom stereocenters. The van der Waals surface area contributed by atoms with Gasteiger partial charge in [-0.3, -0.25) is 9.59 Å².